The van der Waals surface area contributed by atoms with Gasteiger partial charge in [-0.1, -0.05) is 37.6 Å². The maximum Gasteiger partial charge on any atom is 0.319 e. The highest BCUT2D eigenvalue weighted by Gasteiger charge is 2.07. The van der Waals surface area contributed by atoms with Crippen molar-refractivity contribution in [3.05, 3.63) is 28.8 Å². The SMILES string of the molecule is CCN(CC)CCCNC(=O)Nc1c(C)cccc1Cl. The first-order valence-electron chi connectivity index (χ1n) is 7.10. The largest absolute Gasteiger partial charge is 0.338 e. The smallest absolute Gasteiger partial charge is 0.319 e. The molecule has 0 aromatic heterocycles. The zero-order valence-corrected chi connectivity index (χ0v) is 13.3. The van der Waals surface area contributed by atoms with Crippen LogP contribution in [0.3, 0.4) is 0 Å². The number of carbonyl (C=O) groups excluding carboxylic acids is 1. The number of carbonyl (C=O) groups is 1. The van der Waals surface area contributed by atoms with Gasteiger partial charge in [-0.15, -0.1) is 0 Å². The van der Waals surface area contributed by atoms with E-state index in [1.807, 2.05) is 19.1 Å². The number of hydrogen-bond acceptors (Lipinski definition) is 2. The summed E-state index contributed by atoms with van der Waals surface area (Å²) in [4.78, 5) is 14.1. The highest BCUT2D eigenvalue weighted by Crippen LogP contribution is 2.24. The van der Waals surface area contributed by atoms with Crippen molar-refractivity contribution in [3.8, 4) is 0 Å². The minimum Gasteiger partial charge on any atom is -0.338 e. The number of nitrogens with one attached hydrogen (secondary N) is 2. The molecule has 2 N–H and O–H groups in total. The van der Waals surface area contributed by atoms with E-state index in [4.69, 9.17) is 11.6 Å². The molecule has 0 aliphatic carbocycles. The summed E-state index contributed by atoms with van der Waals surface area (Å²) in [6.45, 7) is 9.95. The third kappa shape index (κ3) is 5.39. The number of nitrogens with zero attached hydrogens (tertiary/aromatic N) is 1. The second-order valence-corrected chi connectivity index (χ2v) is 5.10. The van der Waals surface area contributed by atoms with Gasteiger partial charge in [-0.2, -0.15) is 0 Å². The molecule has 1 aromatic carbocycles. The minimum absolute atomic E-state index is 0.208. The molecule has 0 fully saturated rings. The fourth-order valence-electron chi connectivity index (χ4n) is 1.99. The summed E-state index contributed by atoms with van der Waals surface area (Å²) in [6, 6.07) is 5.35. The van der Waals surface area contributed by atoms with Crippen molar-refractivity contribution in [2.75, 3.05) is 31.5 Å². The van der Waals surface area contributed by atoms with Crippen LogP contribution < -0.4 is 10.6 Å². The van der Waals surface area contributed by atoms with E-state index in [1.165, 1.54) is 0 Å². The second-order valence-electron chi connectivity index (χ2n) is 4.69. The Hall–Kier alpha value is -1.26. The third-order valence-electron chi connectivity index (χ3n) is 3.29. The highest BCUT2D eigenvalue weighted by molar-refractivity contribution is 6.33. The normalized spacial score (nSPS) is 10.7. The number of hydrogen-bond donors (Lipinski definition) is 2. The van der Waals surface area contributed by atoms with Gasteiger partial charge in [0.05, 0.1) is 10.7 Å². The van der Waals surface area contributed by atoms with E-state index in [0.717, 1.165) is 31.6 Å². The zero-order valence-electron chi connectivity index (χ0n) is 12.5. The molecule has 112 valence electrons. The van der Waals surface area contributed by atoms with Gasteiger partial charge < -0.3 is 15.5 Å². The molecule has 0 saturated heterocycles. The van der Waals surface area contributed by atoms with Gasteiger partial charge in [0.2, 0.25) is 0 Å². The Morgan fingerprint density at radius 2 is 2.00 bits per heavy atom. The van der Waals surface area contributed by atoms with Crippen LogP contribution in [0.15, 0.2) is 18.2 Å². The molecule has 4 nitrogen and oxygen atoms in total. The molecule has 0 aliphatic rings. The molecule has 0 unspecified atom stereocenters. The molecule has 0 spiro atoms. The van der Waals surface area contributed by atoms with E-state index in [2.05, 4.69) is 29.4 Å². The molecule has 1 rings (SSSR count). The molecule has 2 amide bonds. The van der Waals surface area contributed by atoms with Crippen molar-refractivity contribution in [2.24, 2.45) is 0 Å². The molecule has 5 heteroatoms. The van der Waals surface area contributed by atoms with Crippen LogP contribution in [0.2, 0.25) is 5.02 Å². The minimum atomic E-state index is -0.208. The highest BCUT2D eigenvalue weighted by atomic mass is 35.5. The van der Waals surface area contributed by atoms with Gasteiger partial charge in [0.1, 0.15) is 0 Å². The maximum absolute atomic E-state index is 11.8. The number of halogens is 1. The monoisotopic (exact) mass is 297 g/mol. The van der Waals surface area contributed by atoms with Gasteiger partial charge in [-0.25, -0.2) is 4.79 Å². The lowest BCUT2D eigenvalue weighted by atomic mass is 10.2. The fourth-order valence-corrected chi connectivity index (χ4v) is 2.26. The molecule has 1 aromatic rings. The van der Waals surface area contributed by atoms with Crippen molar-refractivity contribution >= 4 is 23.3 Å². The average Bonchev–Trinajstić information content (AvgIpc) is 2.43. The lowest BCUT2D eigenvalue weighted by Gasteiger charge is -2.18. The van der Waals surface area contributed by atoms with Crippen molar-refractivity contribution in [2.45, 2.75) is 27.2 Å². The second kappa shape index (κ2) is 8.82. The Morgan fingerprint density at radius 3 is 2.60 bits per heavy atom. The molecule has 0 heterocycles. The number of benzene rings is 1. The predicted molar refractivity (Wildman–Crippen MR) is 85.6 cm³/mol. The van der Waals surface area contributed by atoms with Gasteiger partial charge in [0, 0.05) is 6.54 Å². The molecule has 20 heavy (non-hydrogen) atoms. The van der Waals surface area contributed by atoms with Crippen LogP contribution in [-0.4, -0.2) is 37.1 Å². The Balaban J connectivity index is 2.34. The number of aryl methyl sites for hydroxylation is 1. The molecule has 0 radical (unpaired) electrons. The first-order valence-corrected chi connectivity index (χ1v) is 7.48. The van der Waals surface area contributed by atoms with Crippen LogP contribution in [0.5, 0.6) is 0 Å². The van der Waals surface area contributed by atoms with Gasteiger partial charge in [-0.3, -0.25) is 0 Å². The topological polar surface area (TPSA) is 44.4 Å². The van der Waals surface area contributed by atoms with Crippen LogP contribution in [0, 0.1) is 6.92 Å². The van der Waals surface area contributed by atoms with Crippen LogP contribution in [0.1, 0.15) is 25.8 Å². The van der Waals surface area contributed by atoms with Crippen LogP contribution in [0.25, 0.3) is 0 Å². The summed E-state index contributed by atoms with van der Waals surface area (Å²) in [5.74, 6) is 0. The summed E-state index contributed by atoms with van der Waals surface area (Å²) < 4.78 is 0. The third-order valence-corrected chi connectivity index (χ3v) is 3.61. The average molecular weight is 298 g/mol. The number of para-hydroxylation sites is 1. The van der Waals surface area contributed by atoms with Crippen LogP contribution in [-0.2, 0) is 0 Å². The zero-order chi connectivity index (χ0) is 15.0. The number of urea groups is 1. The molecular formula is C15H24ClN3O. The summed E-state index contributed by atoms with van der Waals surface area (Å²) in [5, 5.41) is 6.21. The van der Waals surface area contributed by atoms with Gasteiger partial charge in [-0.05, 0) is 44.6 Å². The predicted octanol–water partition coefficient (Wildman–Crippen LogP) is 3.50. The van der Waals surface area contributed by atoms with Gasteiger partial charge >= 0.3 is 6.03 Å². The maximum atomic E-state index is 11.8. The first-order chi connectivity index (χ1) is 9.58. The Morgan fingerprint density at radius 1 is 1.30 bits per heavy atom. The van der Waals surface area contributed by atoms with Crippen molar-refractivity contribution in [1.82, 2.24) is 10.2 Å². The van der Waals surface area contributed by atoms with Gasteiger partial charge in [0.15, 0.2) is 0 Å². The van der Waals surface area contributed by atoms with E-state index in [9.17, 15) is 4.79 Å². The van der Waals surface area contributed by atoms with E-state index < -0.39 is 0 Å². The summed E-state index contributed by atoms with van der Waals surface area (Å²) in [5.41, 5.74) is 1.63. The van der Waals surface area contributed by atoms with E-state index in [-0.39, 0.29) is 6.03 Å². The molecular weight excluding hydrogens is 274 g/mol. The Kier molecular flexibility index (Phi) is 7.41. The van der Waals surface area contributed by atoms with Crippen molar-refractivity contribution in [1.29, 1.82) is 0 Å². The number of rotatable bonds is 7. The van der Waals surface area contributed by atoms with Crippen molar-refractivity contribution in [3.63, 3.8) is 0 Å². The lowest BCUT2D eigenvalue weighted by Crippen LogP contribution is -2.32. The van der Waals surface area contributed by atoms with E-state index >= 15 is 0 Å². The van der Waals surface area contributed by atoms with E-state index in [0.29, 0.717) is 17.3 Å². The van der Waals surface area contributed by atoms with Gasteiger partial charge in [0.25, 0.3) is 0 Å². The number of amides is 2. The molecule has 0 saturated carbocycles. The Bertz CT molecular complexity index is 413. The first kappa shape index (κ1) is 16.8. The molecule has 0 bridgehead atoms. The van der Waals surface area contributed by atoms with Crippen LogP contribution >= 0.6 is 11.6 Å². The quantitative estimate of drug-likeness (QED) is 0.757. The van der Waals surface area contributed by atoms with Crippen molar-refractivity contribution < 1.29 is 4.79 Å². The summed E-state index contributed by atoms with van der Waals surface area (Å²) >= 11 is 6.06. The standard InChI is InChI=1S/C15H24ClN3O/c1-4-19(5-2)11-7-10-17-15(20)18-14-12(3)8-6-9-13(14)16/h6,8-9H,4-5,7,10-11H2,1-3H3,(H2,17,18,20). The summed E-state index contributed by atoms with van der Waals surface area (Å²) in [6.07, 6.45) is 0.941. The number of anilines is 1. The lowest BCUT2D eigenvalue weighted by molar-refractivity contribution is 0.250. The van der Waals surface area contributed by atoms with Crippen LogP contribution in [0.4, 0.5) is 10.5 Å². The Labute approximate surface area is 126 Å². The molecule has 0 aliphatic heterocycles. The van der Waals surface area contributed by atoms with E-state index in [1.54, 1.807) is 6.07 Å². The fraction of sp³-hybridized carbons (Fsp3) is 0.533. The molecule has 0 atom stereocenters. The summed E-state index contributed by atoms with van der Waals surface area (Å²) in [7, 11) is 0.